The number of unbranched alkanes of at least 4 members (excludes halogenated alkanes) is 2. The molecule has 1 aromatic carbocycles. The van der Waals surface area contributed by atoms with Crippen LogP contribution in [0.5, 0.6) is 0 Å². The summed E-state index contributed by atoms with van der Waals surface area (Å²) >= 11 is 0. The monoisotopic (exact) mass is 263 g/mol. The first kappa shape index (κ1) is 15.5. The van der Waals surface area contributed by atoms with Crippen LogP contribution >= 0.6 is 0 Å². The van der Waals surface area contributed by atoms with Crippen molar-refractivity contribution >= 4 is 11.7 Å². The molecule has 0 bridgehead atoms. The Kier molecular flexibility index (Phi) is 6.40. The van der Waals surface area contributed by atoms with E-state index in [1.54, 1.807) is 6.07 Å². The van der Waals surface area contributed by atoms with Gasteiger partial charge in [-0.3, -0.25) is 0 Å². The molecule has 0 aliphatic carbocycles. The molecule has 1 aromatic rings. The fourth-order valence-corrected chi connectivity index (χ4v) is 2.45. The first-order valence-corrected chi connectivity index (χ1v) is 7.12. The van der Waals surface area contributed by atoms with Crippen LogP contribution in [0.15, 0.2) is 18.2 Å². The van der Waals surface area contributed by atoms with Crippen LogP contribution in [0, 0.1) is 0 Å². The first-order chi connectivity index (χ1) is 9.15. The largest absolute Gasteiger partial charge is 0.465 e. The maximum absolute atomic E-state index is 11.7. The van der Waals surface area contributed by atoms with E-state index in [1.165, 1.54) is 26.4 Å². The summed E-state index contributed by atoms with van der Waals surface area (Å²) < 4.78 is 4.77. The van der Waals surface area contributed by atoms with Gasteiger partial charge in [0.1, 0.15) is 0 Å². The van der Waals surface area contributed by atoms with Crippen LogP contribution in [0.4, 0.5) is 5.69 Å². The SMILES string of the molecule is CCCCCC(CC)c1cccc(C(=O)OC)c1N. The number of hydrogen-bond acceptors (Lipinski definition) is 3. The minimum absolute atomic E-state index is 0.359. The Balaban J connectivity index is 2.94. The highest BCUT2D eigenvalue weighted by Crippen LogP contribution is 2.32. The summed E-state index contributed by atoms with van der Waals surface area (Å²) in [7, 11) is 1.38. The van der Waals surface area contributed by atoms with Crippen molar-refractivity contribution < 1.29 is 9.53 Å². The van der Waals surface area contributed by atoms with Gasteiger partial charge in [-0.2, -0.15) is 0 Å². The van der Waals surface area contributed by atoms with Crippen LogP contribution in [-0.4, -0.2) is 13.1 Å². The molecule has 106 valence electrons. The summed E-state index contributed by atoms with van der Waals surface area (Å²) in [6.07, 6.45) is 5.83. The summed E-state index contributed by atoms with van der Waals surface area (Å²) in [4.78, 5) is 11.7. The van der Waals surface area contributed by atoms with Crippen molar-refractivity contribution in [3.8, 4) is 0 Å². The predicted molar refractivity (Wildman–Crippen MR) is 79.4 cm³/mol. The van der Waals surface area contributed by atoms with Gasteiger partial charge in [0.15, 0.2) is 0 Å². The van der Waals surface area contributed by atoms with Gasteiger partial charge in [-0.15, -0.1) is 0 Å². The van der Waals surface area contributed by atoms with Crippen molar-refractivity contribution in [1.29, 1.82) is 0 Å². The average molecular weight is 263 g/mol. The molecular weight excluding hydrogens is 238 g/mol. The van der Waals surface area contributed by atoms with Gasteiger partial charge >= 0.3 is 5.97 Å². The highest BCUT2D eigenvalue weighted by molar-refractivity contribution is 5.95. The van der Waals surface area contributed by atoms with E-state index in [1.807, 2.05) is 12.1 Å². The van der Waals surface area contributed by atoms with Gasteiger partial charge in [-0.1, -0.05) is 45.2 Å². The van der Waals surface area contributed by atoms with Crippen molar-refractivity contribution in [2.45, 2.75) is 51.9 Å². The normalized spacial score (nSPS) is 12.2. The van der Waals surface area contributed by atoms with Gasteiger partial charge in [-0.05, 0) is 30.4 Å². The molecule has 1 atom stereocenters. The first-order valence-electron chi connectivity index (χ1n) is 7.12. The molecule has 0 saturated carbocycles. The molecule has 19 heavy (non-hydrogen) atoms. The molecule has 1 rings (SSSR count). The lowest BCUT2D eigenvalue weighted by molar-refractivity contribution is 0.0602. The summed E-state index contributed by atoms with van der Waals surface area (Å²) in [6.45, 7) is 4.37. The van der Waals surface area contributed by atoms with Gasteiger partial charge < -0.3 is 10.5 Å². The number of carbonyl (C=O) groups excluding carboxylic acids is 1. The number of esters is 1. The molecule has 0 aromatic heterocycles. The number of carbonyl (C=O) groups is 1. The molecule has 0 fully saturated rings. The van der Waals surface area contributed by atoms with E-state index < -0.39 is 0 Å². The Morgan fingerprint density at radius 1 is 1.32 bits per heavy atom. The molecule has 0 radical (unpaired) electrons. The molecule has 0 aliphatic heterocycles. The predicted octanol–water partition coefficient (Wildman–Crippen LogP) is 4.13. The molecule has 0 amide bonds. The Morgan fingerprint density at radius 3 is 2.63 bits per heavy atom. The lowest BCUT2D eigenvalue weighted by atomic mass is 9.88. The van der Waals surface area contributed by atoms with Crippen molar-refractivity contribution in [2.24, 2.45) is 0 Å². The molecule has 0 heterocycles. The highest BCUT2D eigenvalue weighted by atomic mass is 16.5. The van der Waals surface area contributed by atoms with Crippen LogP contribution < -0.4 is 5.73 Å². The molecule has 0 saturated heterocycles. The Hall–Kier alpha value is -1.51. The lowest BCUT2D eigenvalue weighted by Crippen LogP contribution is -2.10. The number of benzene rings is 1. The second-order valence-electron chi connectivity index (χ2n) is 4.90. The third kappa shape index (κ3) is 3.98. The van der Waals surface area contributed by atoms with E-state index in [-0.39, 0.29) is 5.97 Å². The van der Waals surface area contributed by atoms with Gasteiger partial charge in [0.2, 0.25) is 0 Å². The summed E-state index contributed by atoms with van der Waals surface area (Å²) in [5.74, 6) is 0.0684. The molecule has 2 N–H and O–H groups in total. The van der Waals surface area contributed by atoms with E-state index in [0.29, 0.717) is 17.2 Å². The van der Waals surface area contributed by atoms with Gasteiger partial charge in [0.25, 0.3) is 0 Å². The number of nitrogens with two attached hydrogens (primary N) is 1. The third-order valence-electron chi connectivity index (χ3n) is 3.63. The smallest absolute Gasteiger partial charge is 0.339 e. The van der Waals surface area contributed by atoms with Gasteiger partial charge in [0.05, 0.1) is 12.7 Å². The van der Waals surface area contributed by atoms with Crippen LogP contribution in [0.2, 0.25) is 0 Å². The van der Waals surface area contributed by atoms with Crippen molar-refractivity contribution in [3.63, 3.8) is 0 Å². The minimum atomic E-state index is -0.359. The lowest BCUT2D eigenvalue weighted by Gasteiger charge is -2.18. The molecule has 0 aliphatic rings. The van der Waals surface area contributed by atoms with E-state index >= 15 is 0 Å². The number of hydrogen-bond donors (Lipinski definition) is 1. The van der Waals surface area contributed by atoms with Crippen molar-refractivity contribution in [3.05, 3.63) is 29.3 Å². The summed E-state index contributed by atoms with van der Waals surface area (Å²) in [6, 6.07) is 5.64. The molecule has 3 heteroatoms. The van der Waals surface area contributed by atoms with Crippen molar-refractivity contribution in [2.75, 3.05) is 12.8 Å². The Morgan fingerprint density at radius 2 is 2.05 bits per heavy atom. The fourth-order valence-electron chi connectivity index (χ4n) is 2.45. The number of anilines is 1. The Labute approximate surface area is 116 Å². The number of nitrogen functional groups attached to an aromatic ring is 1. The topological polar surface area (TPSA) is 52.3 Å². The number of rotatable bonds is 7. The number of ether oxygens (including phenoxy) is 1. The minimum Gasteiger partial charge on any atom is -0.465 e. The zero-order chi connectivity index (χ0) is 14.3. The average Bonchev–Trinajstić information content (AvgIpc) is 2.44. The van der Waals surface area contributed by atoms with E-state index in [0.717, 1.165) is 18.4 Å². The van der Waals surface area contributed by atoms with Crippen LogP contribution in [0.25, 0.3) is 0 Å². The standard InChI is InChI=1S/C16H25NO2/c1-4-6-7-9-12(5-2)13-10-8-11-14(15(13)17)16(18)19-3/h8,10-12H,4-7,9,17H2,1-3H3. The third-order valence-corrected chi connectivity index (χ3v) is 3.63. The zero-order valence-corrected chi connectivity index (χ0v) is 12.2. The molecule has 1 unspecified atom stereocenters. The molecule has 0 spiro atoms. The maximum atomic E-state index is 11.7. The second-order valence-corrected chi connectivity index (χ2v) is 4.90. The summed E-state index contributed by atoms with van der Waals surface area (Å²) in [5.41, 5.74) is 8.29. The zero-order valence-electron chi connectivity index (χ0n) is 12.2. The van der Waals surface area contributed by atoms with Crippen LogP contribution in [-0.2, 0) is 4.74 Å². The number of methoxy groups -OCH3 is 1. The van der Waals surface area contributed by atoms with E-state index in [4.69, 9.17) is 10.5 Å². The van der Waals surface area contributed by atoms with Crippen LogP contribution in [0.1, 0.15) is 67.8 Å². The van der Waals surface area contributed by atoms with E-state index in [2.05, 4.69) is 13.8 Å². The molecule has 3 nitrogen and oxygen atoms in total. The van der Waals surface area contributed by atoms with Crippen molar-refractivity contribution in [1.82, 2.24) is 0 Å². The maximum Gasteiger partial charge on any atom is 0.339 e. The summed E-state index contributed by atoms with van der Waals surface area (Å²) in [5, 5.41) is 0. The number of para-hydroxylation sites is 1. The van der Waals surface area contributed by atoms with Gasteiger partial charge in [0, 0.05) is 5.69 Å². The quantitative estimate of drug-likeness (QED) is 0.457. The second kappa shape index (κ2) is 7.82. The molecular formula is C16H25NO2. The van der Waals surface area contributed by atoms with Crippen LogP contribution in [0.3, 0.4) is 0 Å². The Bertz CT molecular complexity index is 415. The highest BCUT2D eigenvalue weighted by Gasteiger charge is 2.17. The fraction of sp³-hybridized carbons (Fsp3) is 0.562. The van der Waals surface area contributed by atoms with Gasteiger partial charge in [-0.25, -0.2) is 4.79 Å². The van der Waals surface area contributed by atoms with E-state index in [9.17, 15) is 4.79 Å².